The van der Waals surface area contributed by atoms with E-state index in [0.717, 1.165) is 25.7 Å². The second-order valence-electron chi connectivity index (χ2n) is 13.1. The lowest BCUT2D eigenvalue weighted by molar-refractivity contribution is -0.151. The number of allylic oxidation sites excluding steroid dienone is 2. The predicted molar refractivity (Wildman–Crippen MR) is 125 cm³/mol. The van der Waals surface area contributed by atoms with E-state index in [0.29, 0.717) is 25.7 Å². The Morgan fingerprint density at radius 2 is 1.64 bits per heavy atom. The summed E-state index contributed by atoms with van der Waals surface area (Å²) in [5.74, 6) is 0.0783. The minimum atomic E-state index is -1.28. The normalized spacial score (nSPS) is 46.0. The first-order chi connectivity index (χ1) is 15.1. The van der Waals surface area contributed by atoms with Crippen molar-refractivity contribution in [3.63, 3.8) is 0 Å². The van der Waals surface area contributed by atoms with E-state index in [4.69, 9.17) is 0 Å². The van der Waals surface area contributed by atoms with Crippen molar-refractivity contribution in [1.29, 1.82) is 0 Å². The average molecular weight is 465 g/mol. The van der Waals surface area contributed by atoms with E-state index in [2.05, 4.69) is 13.8 Å². The van der Waals surface area contributed by atoms with Gasteiger partial charge in [0.15, 0.2) is 5.78 Å². The summed E-state index contributed by atoms with van der Waals surface area (Å²) in [7, 11) is 0. The lowest BCUT2D eigenvalue weighted by Gasteiger charge is -2.58. The standard InChI is InChI=1S/C27H44O6/c1-24(2,32)10-9-23(31)27(5,33)22-7-6-16-15-12-19(28)18-13-20(29)21(30)14-26(18,4)17(15)8-11-25(16,22)3/h12,16-18,20-23,29-33H,6-11,13-14H2,1-5H3/t16-,17-,18+,20+,21-,22-,23+,25-,26+,27+/m0/s1. The number of rotatable bonds is 5. The third-order valence-corrected chi connectivity index (χ3v) is 10.3. The third-order valence-electron chi connectivity index (χ3n) is 10.3. The third kappa shape index (κ3) is 4.04. The van der Waals surface area contributed by atoms with Crippen LogP contribution in [0.2, 0.25) is 0 Å². The number of carbonyl (C=O) groups is 1. The van der Waals surface area contributed by atoms with Gasteiger partial charge in [-0.1, -0.05) is 19.4 Å². The minimum Gasteiger partial charge on any atom is -0.390 e. The lowest BCUT2D eigenvalue weighted by Crippen LogP contribution is -2.57. The van der Waals surface area contributed by atoms with Crippen LogP contribution in [0, 0.1) is 34.5 Å². The Kier molecular flexibility index (Phi) is 6.23. The largest absolute Gasteiger partial charge is 0.390 e. The zero-order chi connectivity index (χ0) is 24.6. The number of ketones is 1. The van der Waals surface area contributed by atoms with Crippen LogP contribution in [0.4, 0.5) is 0 Å². The van der Waals surface area contributed by atoms with Gasteiger partial charge in [-0.25, -0.2) is 0 Å². The second kappa shape index (κ2) is 8.12. The van der Waals surface area contributed by atoms with Crippen molar-refractivity contribution in [3.05, 3.63) is 11.6 Å². The highest BCUT2D eigenvalue weighted by molar-refractivity contribution is 5.94. The molecule has 0 radical (unpaired) electrons. The van der Waals surface area contributed by atoms with E-state index in [1.165, 1.54) is 5.57 Å². The molecule has 6 nitrogen and oxygen atoms in total. The fraction of sp³-hybridized carbons (Fsp3) is 0.889. The first-order valence-corrected chi connectivity index (χ1v) is 12.9. The molecular weight excluding hydrogens is 420 g/mol. The number of carbonyl (C=O) groups excluding carboxylic acids is 1. The summed E-state index contributed by atoms with van der Waals surface area (Å²) in [4.78, 5) is 13.2. The van der Waals surface area contributed by atoms with Crippen LogP contribution in [-0.2, 0) is 4.79 Å². The summed E-state index contributed by atoms with van der Waals surface area (Å²) < 4.78 is 0. The number of hydrogen-bond donors (Lipinski definition) is 5. The molecule has 10 atom stereocenters. The Morgan fingerprint density at radius 1 is 1.00 bits per heavy atom. The predicted octanol–water partition coefficient (Wildman–Crippen LogP) is 2.74. The maximum atomic E-state index is 13.2. The molecule has 0 aromatic rings. The molecule has 0 aromatic heterocycles. The van der Waals surface area contributed by atoms with Gasteiger partial charge in [0.2, 0.25) is 0 Å². The smallest absolute Gasteiger partial charge is 0.159 e. The van der Waals surface area contributed by atoms with Crippen molar-refractivity contribution in [2.45, 2.75) is 115 Å². The van der Waals surface area contributed by atoms with Crippen molar-refractivity contribution in [2.24, 2.45) is 34.5 Å². The van der Waals surface area contributed by atoms with Crippen LogP contribution in [0.3, 0.4) is 0 Å². The molecule has 0 bridgehead atoms. The van der Waals surface area contributed by atoms with Crippen LogP contribution in [0.1, 0.15) is 86.0 Å². The summed E-state index contributed by atoms with van der Waals surface area (Å²) in [6.07, 6.45) is 4.21. The second-order valence-corrected chi connectivity index (χ2v) is 13.1. The molecule has 0 aromatic carbocycles. The average Bonchev–Trinajstić information content (AvgIpc) is 3.06. The van der Waals surface area contributed by atoms with Crippen molar-refractivity contribution >= 4 is 5.78 Å². The molecule has 0 unspecified atom stereocenters. The molecule has 188 valence electrons. The van der Waals surface area contributed by atoms with E-state index in [-0.39, 0.29) is 40.3 Å². The molecule has 4 aliphatic rings. The first-order valence-electron chi connectivity index (χ1n) is 12.9. The zero-order valence-corrected chi connectivity index (χ0v) is 20.9. The van der Waals surface area contributed by atoms with Crippen molar-refractivity contribution in [1.82, 2.24) is 0 Å². The van der Waals surface area contributed by atoms with Gasteiger partial charge in [-0.3, -0.25) is 4.79 Å². The lowest BCUT2D eigenvalue weighted by atomic mass is 9.47. The fourth-order valence-electron chi connectivity index (χ4n) is 8.37. The molecule has 0 aliphatic heterocycles. The van der Waals surface area contributed by atoms with Gasteiger partial charge in [-0.15, -0.1) is 0 Å². The Morgan fingerprint density at radius 3 is 2.27 bits per heavy atom. The van der Waals surface area contributed by atoms with Gasteiger partial charge in [0, 0.05) is 5.92 Å². The van der Waals surface area contributed by atoms with Gasteiger partial charge >= 0.3 is 0 Å². The maximum absolute atomic E-state index is 13.2. The number of fused-ring (bicyclic) bond motifs is 5. The summed E-state index contributed by atoms with van der Waals surface area (Å²) in [5, 5.41) is 53.3. The number of hydrogen-bond acceptors (Lipinski definition) is 6. The van der Waals surface area contributed by atoms with Crippen LogP contribution in [0.25, 0.3) is 0 Å². The molecule has 6 heteroatoms. The Balaban J connectivity index is 1.61. The van der Waals surface area contributed by atoms with Crippen molar-refractivity contribution in [3.8, 4) is 0 Å². The van der Waals surface area contributed by atoms with Crippen LogP contribution in [-0.4, -0.2) is 60.8 Å². The fourth-order valence-corrected chi connectivity index (χ4v) is 8.37. The molecule has 4 rings (SSSR count). The molecule has 3 saturated carbocycles. The van der Waals surface area contributed by atoms with E-state index in [1.807, 2.05) is 6.08 Å². The molecule has 4 aliphatic carbocycles. The van der Waals surface area contributed by atoms with Gasteiger partial charge in [0.1, 0.15) is 0 Å². The van der Waals surface area contributed by atoms with Gasteiger partial charge in [0.25, 0.3) is 0 Å². The van der Waals surface area contributed by atoms with Crippen LogP contribution in [0.5, 0.6) is 0 Å². The maximum Gasteiger partial charge on any atom is 0.159 e. The first kappa shape index (κ1) is 25.3. The highest BCUT2D eigenvalue weighted by Gasteiger charge is 2.63. The Bertz CT molecular complexity index is 812. The molecular formula is C27H44O6. The topological polar surface area (TPSA) is 118 Å². The molecule has 3 fully saturated rings. The van der Waals surface area contributed by atoms with E-state index in [1.54, 1.807) is 20.8 Å². The van der Waals surface area contributed by atoms with Gasteiger partial charge in [0.05, 0.1) is 29.5 Å². The van der Waals surface area contributed by atoms with Crippen LogP contribution < -0.4 is 0 Å². The minimum absolute atomic E-state index is 0.0689. The van der Waals surface area contributed by atoms with E-state index >= 15 is 0 Å². The Labute approximate surface area is 198 Å². The van der Waals surface area contributed by atoms with E-state index in [9.17, 15) is 30.3 Å². The zero-order valence-electron chi connectivity index (χ0n) is 20.9. The molecule has 33 heavy (non-hydrogen) atoms. The summed E-state index contributed by atoms with van der Waals surface area (Å²) >= 11 is 0. The molecule has 0 amide bonds. The van der Waals surface area contributed by atoms with Gasteiger partial charge < -0.3 is 25.5 Å². The summed E-state index contributed by atoms with van der Waals surface area (Å²) in [5.41, 5.74) is -1.58. The number of aliphatic hydroxyl groups is 5. The highest BCUT2D eigenvalue weighted by Crippen LogP contribution is 2.67. The quantitative estimate of drug-likeness (QED) is 0.427. The van der Waals surface area contributed by atoms with Crippen LogP contribution in [0.15, 0.2) is 11.6 Å². The summed E-state index contributed by atoms with van der Waals surface area (Å²) in [6.45, 7) is 9.49. The molecule has 5 N–H and O–H groups in total. The monoisotopic (exact) mass is 464 g/mol. The highest BCUT2D eigenvalue weighted by atomic mass is 16.3. The van der Waals surface area contributed by atoms with Crippen molar-refractivity contribution < 1.29 is 30.3 Å². The van der Waals surface area contributed by atoms with Crippen LogP contribution >= 0.6 is 0 Å². The number of aliphatic hydroxyl groups excluding tert-OH is 3. The summed E-state index contributed by atoms with van der Waals surface area (Å²) in [6, 6.07) is 0. The SMILES string of the molecule is CC(C)(O)CC[C@@H](O)[C@](C)(O)[C@H]1CC[C@H]2C3=CC(=O)[C@H]4C[C@@H](O)[C@@H](O)C[C@]4(C)[C@H]3CC[C@]12C. The molecule has 0 spiro atoms. The van der Waals surface area contributed by atoms with Gasteiger partial charge in [-0.2, -0.15) is 0 Å². The van der Waals surface area contributed by atoms with Gasteiger partial charge in [-0.05, 0) is 107 Å². The van der Waals surface area contributed by atoms with Crippen molar-refractivity contribution in [2.75, 3.05) is 0 Å². The molecule has 0 saturated heterocycles. The Hall–Kier alpha value is -0.790. The van der Waals surface area contributed by atoms with E-state index < -0.39 is 29.5 Å². The molecule has 0 heterocycles.